The molecular formula is C24H33BrN2O4. The fourth-order valence-corrected chi connectivity index (χ4v) is 3.31. The fourth-order valence-electron chi connectivity index (χ4n) is 2.97. The Balaban J connectivity index is 2.13. The first-order chi connectivity index (χ1) is 14.6. The first-order valence-corrected chi connectivity index (χ1v) is 11.2. The van der Waals surface area contributed by atoms with Crippen molar-refractivity contribution in [3.63, 3.8) is 0 Å². The van der Waals surface area contributed by atoms with E-state index in [0.29, 0.717) is 18.0 Å². The largest absolute Gasteiger partial charge is 0.497 e. The van der Waals surface area contributed by atoms with Crippen molar-refractivity contribution in [3.8, 4) is 17.2 Å². The van der Waals surface area contributed by atoms with Crippen LogP contribution in [0.15, 0.2) is 46.9 Å². The number of halogens is 1. The topological polar surface area (TPSA) is 60.0 Å². The molecular weight excluding hydrogens is 460 g/mol. The van der Waals surface area contributed by atoms with Crippen LogP contribution in [0.5, 0.6) is 17.2 Å². The molecule has 1 N–H and O–H groups in total. The Morgan fingerprint density at radius 1 is 1.13 bits per heavy atom. The van der Waals surface area contributed by atoms with E-state index in [1.807, 2.05) is 63.2 Å². The van der Waals surface area contributed by atoms with Gasteiger partial charge in [0.25, 0.3) is 0 Å². The lowest BCUT2D eigenvalue weighted by Gasteiger charge is -2.31. The Morgan fingerprint density at radius 3 is 2.35 bits per heavy atom. The zero-order valence-electron chi connectivity index (χ0n) is 19.2. The minimum atomic E-state index is -0.527. The molecule has 0 saturated carbocycles. The van der Waals surface area contributed by atoms with Gasteiger partial charge in [0.1, 0.15) is 17.1 Å². The van der Waals surface area contributed by atoms with E-state index in [4.69, 9.17) is 14.2 Å². The number of carbonyl (C=O) groups is 1. The van der Waals surface area contributed by atoms with E-state index in [1.165, 1.54) is 0 Å². The van der Waals surface area contributed by atoms with Gasteiger partial charge in [-0.05, 0) is 69.7 Å². The van der Waals surface area contributed by atoms with E-state index in [9.17, 15) is 4.79 Å². The molecule has 0 aliphatic rings. The molecule has 7 heteroatoms. The van der Waals surface area contributed by atoms with E-state index >= 15 is 0 Å². The summed E-state index contributed by atoms with van der Waals surface area (Å²) >= 11 is 3.51. The fraction of sp³-hybridized carbons (Fsp3) is 0.458. The maximum absolute atomic E-state index is 12.5. The predicted molar refractivity (Wildman–Crippen MR) is 128 cm³/mol. The molecule has 0 aromatic heterocycles. The molecule has 2 aromatic carbocycles. The summed E-state index contributed by atoms with van der Waals surface area (Å²) in [6.07, 6.45) is 1.49. The maximum atomic E-state index is 12.5. The molecule has 0 aliphatic heterocycles. The summed E-state index contributed by atoms with van der Waals surface area (Å²) < 4.78 is 17.8. The number of methoxy groups -OCH3 is 1. The number of nitrogens with zero attached hydrogens (tertiary/aromatic N) is 1. The Kier molecular flexibility index (Phi) is 9.04. The predicted octanol–water partition coefficient (Wildman–Crippen LogP) is 6.70. The summed E-state index contributed by atoms with van der Waals surface area (Å²) in [5.41, 5.74) is 0.318. The molecule has 1 unspecified atom stereocenters. The van der Waals surface area contributed by atoms with Crippen molar-refractivity contribution in [2.45, 2.75) is 52.2 Å². The number of hydrogen-bond acceptors (Lipinski definition) is 5. The molecule has 1 amide bonds. The van der Waals surface area contributed by atoms with Crippen molar-refractivity contribution >= 4 is 27.7 Å². The van der Waals surface area contributed by atoms with Crippen LogP contribution < -0.4 is 14.8 Å². The Hall–Kier alpha value is -2.41. The average molecular weight is 493 g/mol. The molecule has 0 bridgehead atoms. The third kappa shape index (κ3) is 7.98. The van der Waals surface area contributed by atoms with Gasteiger partial charge in [-0.2, -0.15) is 0 Å². The van der Waals surface area contributed by atoms with Gasteiger partial charge in [0.2, 0.25) is 0 Å². The van der Waals surface area contributed by atoms with Gasteiger partial charge in [0.15, 0.2) is 5.75 Å². The number of rotatable bonds is 9. The summed E-state index contributed by atoms with van der Waals surface area (Å²) in [7, 11) is 3.42. The second-order valence-corrected chi connectivity index (χ2v) is 9.25. The summed E-state index contributed by atoms with van der Waals surface area (Å²) in [6.45, 7) is 8.29. The van der Waals surface area contributed by atoms with Gasteiger partial charge in [0.05, 0.1) is 18.8 Å². The molecule has 0 radical (unpaired) electrons. The molecule has 2 rings (SSSR count). The standard InChI is InChI=1S/C24H33BrN2O4/c1-7-8-18(27(5)23(28)31-24(2,3)4)16-26-21-14-9-17(25)15-22(21)30-20-12-10-19(29-6)11-13-20/h9-15,18,26H,7-8,16H2,1-6H3. The Labute approximate surface area is 194 Å². The molecule has 2 aromatic rings. The van der Waals surface area contributed by atoms with Crippen molar-refractivity contribution < 1.29 is 19.0 Å². The van der Waals surface area contributed by atoms with Crippen LogP contribution in [0.2, 0.25) is 0 Å². The van der Waals surface area contributed by atoms with Crippen molar-refractivity contribution in [1.82, 2.24) is 4.90 Å². The van der Waals surface area contributed by atoms with Crippen LogP contribution in [0, 0.1) is 0 Å². The molecule has 0 fully saturated rings. The van der Waals surface area contributed by atoms with Gasteiger partial charge in [-0.3, -0.25) is 0 Å². The first kappa shape index (κ1) is 24.9. The summed E-state index contributed by atoms with van der Waals surface area (Å²) in [5, 5.41) is 3.45. The van der Waals surface area contributed by atoms with Crippen molar-refractivity contribution in [2.24, 2.45) is 0 Å². The van der Waals surface area contributed by atoms with Crippen molar-refractivity contribution in [3.05, 3.63) is 46.9 Å². The lowest BCUT2D eigenvalue weighted by Crippen LogP contribution is -2.44. The summed E-state index contributed by atoms with van der Waals surface area (Å²) in [6, 6.07) is 13.2. The summed E-state index contributed by atoms with van der Waals surface area (Å²) in [5.74, 6) is 2.17. The number of ether oxygens (including phenoxy) is 3. The highest BCUT2D eigenvalue weighted by Gasteiger charge is 2.25. The highest BCUT2D eigenvalue weighted by atomic mass is 79.9. The van der Waals surface area contributed by atoms with Crippen molar-refractivity contribution in [2.75, 3.05) is 26.0 Å². The third-order valence-corrected chi connectivity index (χ3v) is 5.10. The van der Waals surface area contributed by atoms with E-state index in [-0.39, 0.29) is 12.1 Å². The molecule has 170 valence electrons. The quantitative estimate of drug-likeness (QED) is 0.421. The van der Waals surface area contributed by atoms with Crippen LogP contribution in [0.3, 0.4) is 0 Å². The van der Waals surface area contributed by atoms with Gasteiger partial charge in [-0.25, -0.2) is 4.79 Å². The average Bonchev–Trinajstić information content (AvgIpc) is 2.71. The van der Waals surface area contributed by atoms with Crippen LogP contribution >= 0.6 is 15.9 Å². The highest BCUT2D eigenvalue weighted by Crippen LogP contribution is 2.33. The van der Waals surface area contributed by atoms with E-state index in [1.54, 1.807) is 19.1 Å². The van der Waals surface area contributed by atoms with Crippen LogP contribution in [-0.4, -0.2) is 43.3 Å². The first-order valence-electron chi connectivity index (χ1n) is 10.4. The normalized spacial score (nSPS) is 12.1. The summed E-state index contributed by atoms with van der Waals surface area (Å²) in [4.78, 5) is 14.2. The highest BCUT2D eigenvalue weighted by molar-refractivity contribution is 9.10. The van der Waals surface area contributed by atoms with Gasteiger partial charge < -0.3 is 24.4 Å². The van der Waals surface area contributed by atoms with Gasteiger partial charge in [0, 0.05) is 18.1 Å². The zero-order valence-corrected chi connectivity index (χ0v) is 20.8. The number of amides is 1. The van der Waals surface area contributed by atoms with Gasteiger partial charge in [-0.15, -0.1) is 0 Å². The van der Waals surface area contributed by atoms with Crippen LogP contribution in [-0.2, 0) is 4.74 Å². The van der Waals surface area contributed by atoms with Crippen LogP contribution in [0.25, 0.3) is 0 Å². The van der Waals surface area contributed by atoms with E-state index in [2.05, 4.69) is 28.2 Å². The Bertz CT molecular complexity index is 850. The van der Waals surface area contributed by atoms with Crippen molar-refractivity contribution in [1.29, 1.82) is 0 Å². The monoisotopic (exact) mass is 492 g/mol. The molecule has 0 spiro atoms. The van der Waals surface area contributed by atoms with E-state index in [0.717, 1.165) is 28.8 Å². The van der Waals surface area contributed by atoms with E-state index < -0.39 is 5.60 Å². The number of benzene rings is 2. The number of anilines is 1. The lowest BCUT2D eigenvalue weighted by molar-refractivity contribution is 0.0224. The molecule has 0 saturated heterocycles. The van der Waals surface area contributed by atoms with Crippen LogP contribution in [0.1, 0.15) is 40.5 Å². The lowest BCUT2D eigenvalue weighted by atomic mass is 10.1. The number of hydrogen-bond donors (Lipinski definition) is 1. The number of carbonyl (C=O) groups excluding carboxylic acids is 1. The number of nitrogens with one attached hydrogen (secondary N) is 1. The van der Waals surface area contributed by atoms with Gasteiger partial charge in [-0.1, -0.05) is 29.3 Å². The minimum absolute atomic E-state index is 0.0164. The SMILES string of the molecule is CCCC(CNc1ccc(Br)cc1Oc1ccc(OC)cc1)N(C)C(=O)OC(C)(C)C. The minimum Gasteiger partial charge on any atom is -0.497 e. The Morgan fingerprint density at radius 2 is 1.77 bits per heavy atom. The second-order valence-electron chi connectivity index (χ2n) is 8.33. The smallest absolute Gasteiger partial charge is 0.410 e. The van der Waals surface area contributed by atoms with Gasteiger partial charge >= 0.3 is 6.09 Å². The zero-order chi connectivity index (χ0) is 23.0. The molecule has 6 nitrogen and oxygen atoms in total. The molecule has 31 heavy (non-hydrogen) atoms. The molecule has 1 atom stereocenters. The maximum Gasteiger partial charge on any atom is 0.410 e. The third-order valence-electron chi connectivity index (χ3n) is 4.61. The molecule has 0 heterocycles. The second kappa shape index (κ2) is 11.3. The molecule has 0 aliphatic carbocycles. The van der Waals surface area contributed by atoms with Crippen LogP contribution in [0.4, 0.5) is 10.5 Å². The number of likely N-dealkylation sites (N-methyl/N-ethyl adjacent to an activating group) is 1.